The summed E-state index contributed by atoms with van der Waals surface area (Å²) in [4.78, 5) is 65.3. The highest BCUT2D eigenvalue weighted by molar-refractivity contribution is 5.77. The van der Waals surface area contributed by atoms with Crippen LogP contribution >= 0.6 is 0 Å². The van der Waals surface area contributed by atoms with E-state index in [0.29, 0.717) is 12.8 Å². The normalized spacial score (nSPS) is 35.4. The Hall–Kier alpha value is -4.11. The minimum absolute atomic E-state index is 0.160. The molecule has 716 valence electrons. The number of carbonyl (C=O) groups excluding carboxylic acids is 4. The second-order valence-electron chi connectivity index (χ2n) is 33.5. The van der Waals surface area contributed by atoms with Crippen LogP contribution in [0.5, 0.6) is 0 Å². The largest absolute Gasteiger partial charge is 0.477 e. The van der Waals surface area contributed by atoms with Crippen LogP contribution in [0.15, 0.2) is 12.2 Å². The molecule has 12 unspecified atom stereocenters. The molecule has 0 bridgehead atoms. The van der Waals surface area contributed by atoms with Crippen LogP contribution in [0.3, 0.4) is 0 Å². The fraction of sp³-hybridized carbons (Fsp3) is 0.916. The quantitative estimate of drug-likeness (QED) is 0.0225. The monoisotopic (exact) mass is 1780 g/mol. The summed E-state index contributed by atoms with van der Waals surface area (Å²) in [5, 5.41) is 223. The van der Waals surface area contributed by atoms with Crippen LogP contribution in [-0.4, -0.2) is 375 Å². The number of rotatable bonds is 58. The van der Waals surface area contributed by atoms with Gasteiger partial charge in [-0.1, -0.05) is 193 Å². The maximum absolute atomic E-state index is 13.6. The molecule has 6 aliphatic heterocycles. The first kappa shape index (κ1) is 108. The first-order valence-electron chi connectivity index (χ1n) is 44.6. The van der Waals surface area contributed by atoms with E-state index in [0.717, 1.165) is 72.1 Å². The Morgan fingerprint density at radius 3 is 1.23 bits per heavy atom. The van der Waals surface area contributed by atoms with Gasteiger partial charge in [0.25, 0.3) is 5.79 Å². The molecule has 6 heterocycles. The van der Waals surface area contributed by atoms with Crippen molar-refractivity contribution in [1.82, 2.24) is 21.3 Å². The fourth-order valence-electron chi connectivity index (χ4n) is 16.6. The van der Waals surface area contributed by atoms with Crippen molar-refractivity contribution >= 4 is 29.6 Å². The summed E-state index contributed by atoms with van der Waals surface area (Å²) < 4.78 is 71.5. The van der Waals surface area contributed by atoms with E-state index < -0.39 is 278 Å². The van der Waals surface area contributed by atoms with Crippen molar-refractivity contribution < 1.29 is 178 Å². The predicted molar refractivity (Wildman–Crippen MR) is 432 cm³/mol. The van der Waals surface area contributed by atoms with Crippen LogP contribution in [0.2, 0.25) is 0 Å². The number of aliphatic carboxylic acids is 1. The number of allylic oxidation sites excluding steroid dienone is 1. The molecule has 0 aliphatic carbocycles. The number of hydrogen-bond donors (Lipinski definition) is 23. The van der Waals surface area contributed by atoms with E-state index in [1.54, 1.807) is 6.08 Å². The summed E-state index contributed by atoms with van der Waals surface area (Å²) in [5.41, 5.74) is 0. The van der Waals surface area contributed by atoms with Gasteiger partial charge in [-0.2, -0.15) is 0 Å². The average Bonchev–Trinajstić information content (AvgIpc) is 0.751. The van der Waals surface area contributed by atoms with E-state index in [1.807, 2.05) is 6.08 Å². The van der Waals surface area contributed by atoms with Gasteiger partial charge in [0.05, 0.1) is 70.5 Å². The third kappa shape index (κ3) is 32.7. The van der Waals surface area contributed by atoms with E-state index in [1.165, 1.54) is 122 Å². The zero-order valence-electron chi connectivity index (χ0n) is 71.9. The molecule has 0 aromatic carbocycles. The molecule has 123 heavy (non-hydrogen) atoms. The molecule has 0 aromatic rings. The molecule has 6 saturated heterocycles. The Balaban J connectivity index is 1.13. The van der Waals surface area contributed by atoms with Crippen molar-refractivity contribution in [2.24, 2.45) is 0 Å². The van der Waals surface area contributed by atoms with Gasteiger partial charge in [-0.3, -0.25) is 19.2 Å². The summed E-state index contributed by atoms with van der Waals surface area (Å²) in [6.07, 6.45) is -21.1. The number of unbranched alkanes of at least 4 members (excludes halogenated alkanes) is 27. The molecule has 0 radical (unpaired) electrons. The summed E-state index contributed by atoms with van der Waals surface area (Å²) in [6, 6.07) is -6.73. The van der Waals surface area contributed by atoms with Crippen LogP contribution in [0.25, 0.3) is 0 Å². The molecule has 0 aromatic heterocycles. The Morgan fingerprint density at radius 2 is 0.797 bits per heavy atom. The number of nitrogens with one attached hydrogen (secondary N) is 4. The van der Waals surface area contributed by atoms with Crippen molar-refractivity contribution in [1.29, 1.82) is 0 Å². The van der Waals surface area contributed by atoms with E-state index in [2.05, 4.69) is 35.1 Å². The zero-order chi connectivity index (χ0) is 90.5. The molecule has 33 atom stereocenters. The molecule has 6 fully saturated rings. The molecule has 0 saturated carbocycles. The van der Waals surface area contributed by atoms with Gasteiger partial charge in [-0.15, -0.1) is 0 Å². The van der Waals surface area contributed by atoms with E-state index >= 15 is 0 Å². The van der Waals surface area contributed by atoms with Crippen LogP contribution in [0.1, 0.15) is 234 Å². The number of carboxylic acids is 1. The van der Waals surface area contributed by atoms with Gasteiger partial charge < -0.3 is 175 Å². The maximum atomic E-state index is 13.6. The van der Waals surface area contributed by atoms with E-state index in [4.69, 9.17) is 56.8 Å². The van der Waals surface area contributed by atoms with Gasteiger partial charge in [0.2, 0.25) is 23.6 Å². The molecule has 0 spiro atoms. The molecular formula is C83H148N4O36. The third-order valence-corrected chi connectivity index (χ3v) is 23.6. The van der Waals surface area contributed by atoms with Crippen LogP contribution in [0.4, 0.5) is 0 Å². The molecule has 23 N–H and O–H groups in total. The van der Waals surface area contributed by atoms with E-state index in [-0.39, 0.29) is 12.3 Å². The van der Waals surface area contributed by atoms with Crippen molar-refractivity contribution in [2.45, 2.75) is 435 Å². The molecular weight excluding hydrogens is 1630 g/mol. The fourth-order valence-corrected chi connectivity index (χ4v) is 16.6. The SMILES string of the molecule is CCCCCCCCCCCCC/C=C/[C@@H](O)[C@H](CO[C@@H]1OC(CO)[C@@H](O[C@@H]2OC(CO)[C@H](O)[C@H](O[C@@H]3OC(CO)[C@@H](O[C@@H]4OC(CO)[C@H](O)[C@H](O[C@@H]5OC(CO)[C@H](O)[C@H](O[C@]6(C(=O)O)CC(O)[C@@H](NC(C)=O)C([C@H](O)[C@H](O)CO)O6)C5NC(C)=O)C4O)[C@H](O)C3NC(C)=O)C2O)[C@H](O)C1O)NC(=O)CCCCCCCCCCCCCCCCCCC. The average molecular weight is 1780 g/mol. The number of amides is 4. The maximum Gasteiger partial charge on any atom is 0.364 e. The van der Waals surface area contributed by atoms with Crippen molar-refractivity contribution in [3.63, 3.8) is 0 Å². The smallest absolute Gasteiger partial charge is 0.364 e. The highest BCUT2D eigenvalue weighted by Crippen LogP contribution is 2.41. The lowest BCUT2D eigenvalue weighted by atomic mass is 9.88. The molecule has 4 amide bonds. The molecule has 40 nitrogen and oxygen atoms in total. The standard InChI is InChI=1S/C83H148N4O36/c1-6-8-10-12-14-16-18-20-21-22-23-25-27-29-31-33-35-37-58(100)87-49(50(97)36-34-32-30-28-26-24-19-17-15-13-11-9-7-2)45-112-79-68(107)67(106)72(57(44-93)117-79)119-81-69(108)75(64(103)54(41-90)115-81)120-77-60(85-47(4)95)66(105)71(56(43-92)116-77)118-80-70(109)76(65(104)55(42-91)114-80)121-78-61(86-48(5)96)74(63(102)53(40-89)113-78)123-83(82(110)111)38-51(98)59(84-46(3)94)73(122-83)62(101)52(99)39-88/h34,36,49-57,59-81,88-93,97-99,101-109H,6-33,35,37-45H2,1-5H3,(H,84,94)(H,85,95)(H,86,96)(H,87,100)(H,110,111)/b36-34+/t49-,50+,51?,52+,53?,54?,55?,56?,57?,59+,60?,61?,62+,63-,64-,65-,66+,67+,68?,69?,70?,71+,72+,73?,74+,75-,76-,77-,78-,79+,80-,81-,83-/m0/s1. The van der Waals surface area contributed by atoms with Gasteiger partial charge in [-0.05, 0) is 19.3 Å². The topological polar surface area (TPSA) is 629 Å². The first-order chi connectivity index (χ1) is 58.9. The highest BCUT2D eigenvalue weighted by atomic mass is 16.8. The molecule has 6 aliphatic rings. The summed E-state index contributed by atoms with van der Waals surface area (Å²) in [6.45, 7) is 0.260. The second kappa shape index (κ2) is 56.5. The van der Waals surface area contributed by atoms with Crippen LogP contribution < -0.4 is 21.3 Å². The lowest BCUT2D eigenvalue weighted by Gasteiger charge is -2.52. The van der Waals surface area contributed by atoms with Gasteiger partial charge in [0.1, 0.15) is 140 Å². The van der Waals surface area contributed by atoms with Crippen molar-refractivity contribution in [3.8, 4) is 0 Å². The Labute approximate surface area is 719 Å². The highest BCUT2D eigenvalue weighted by Gasteiger charge is 2.62. The summed E-state index contributed by atoms with van der Waals surface area (Å²) in [7, 11) is 0. The first-order valence-corrected chi connectivity index (χ1v) is 44.6. The Kier molecular flexibility index (Phi) is 49.4. The predicted octanol–water partition coefficient (Wildman–Crippen LogP) is -2.29. The number of aliphatic hydroxyl groups is 18. The Morgan fingerprint density at radius 1 is 0.423 bits per heavy atom. The van der Waals surface area contributed by atoms with Crippen LogP contribution in [0, 0.1) is 0 Å². The minimum atomic E-state index is -3.24. The third-order valence-electron chi connectivity index (χ3n) is 23.6. The molecule has 40 heteroatoms. The van der Waals surface area contributed by atoms with Gasteiger partial charge in [-0.25, -0.2) is 4.79 Å². The lowest BCUT2D eigenvalue weighted by Crippen LogP contribution is -2.72. The number of ether oxygens (including phenoxy) is 12. The minimum Gasteiger partial charge on any atom is -0.477 e. The van der Waals surface area contributed by atoms with E-state index in [9.17, 15) is 121 Å². The number of carbonyl (C=O) groups is 5. The number of hydrogen-bond acceptors (Lipinski definition) is 35. The summed E-state index contributed by atoms with van der Waals surface area (Å²) >= 11 is 0. The Bertz CT molecular complexity index is 3000. The van der Waals surface area contributed by atoms with Gasteiger partial charge in [0.15, 0.2) is 31.5 Å². The van der Waals surface area contributed by atoms with Gasteiger partial charge in [0, 0.05) is 33.6 Å². The summed E-state index contributed by atoms with van der Waals surface area (Å²) in [5.74, 6) is -8.43. The second-order valence-corrected chi connectivity index (χ2v) is 33.5. The lowest BCUT2D eigenvalue weighted by molar-refractivity contribution is -0.388. The zero-order valence-corrected chi connectivity index (χ0v) is 71.9. The number of carboxylic acid groups (broad SMARTS) is 1. The molecule has 6 rings (SSSR count). The van der Waals surface area contributed by atoms with Crippen molar-refractivity contribution in [2.75, 3.05) is 46.2 Å². The van der Waals surface area contributed by atoms with Gasteiger partial charge >= 0.3 is 5.97 Å². The van der Waals surface area contributed by atoms with Crippen molar-refractivity contribution in [3.05, 3.63) is 12.2 Å². The number of aliphatic hydroxyl groups excluding tert-OH is 18. The van der Waals surface area contributed by atoms with Crippen LogP contribution in [-0.2, 0) is 80.8 Å².